The van der Waals surface area contributed by atoms with Crippen LogP contribution in [-0.2, 0) is 4.79 Å². The van der Waals surface area contributed by atoms with Gasteiger partial charge in [-0.3, -0.25) is 4.79 Å². The lowest BCUT2D eigenvalue weighted by molar-refractivity contribution is -0.122. The normalized spacial score (nSPS) is 24.7. The van der Waals surface area contributed by atoms with Crippen LogP contribution in [0.1, 0.15) is 44.6 Å². The molecule has 1 aromatic carbocycles. The third kappa shape index (κ3) is 4.35. The summed E-state index contributed by atoms with van der Waals surface area (Å²) in [5, 5.41) is 6.57. The number of hydrogen-bond acceptors (Lipinski definition) is 2. The summed E-state index contributed by atoms with van der Waals surface area (Å²) in [4.78, 5) is 12.1. The minimum absolute atomic E-state index is 0.176. The van der Waals surface area contributed by atoms with E-state index in [9.17, 15) is 4.79 Å². The second-order valence-corrected chi connectivity index (χ2v) is 5.66. The van der Waals surface area contributed by atoms with Crippen LogP contribution < -0.4 is 10.6 Å². The van der Waals surface area contributed by atoms with Gasteiger partial charge in [-0.05, 0) is 37.8 Å². The first-order valence-corrected chi connectivity index (χ1v) is 7.23. The molecule has 1 fully saturated rings. The van der Waals surface area contributed by atoms with E-state index >= 15 is 0 Å². The molecule has 3 heteroatoms. The topological polar surface area (TPSA) is 41.1 Å². The van der Waals surface area contributed by atoms with Crippen LogP contribution in [-0.4, -0.2) is 24.5 Å². The van der Waals surface area contributed by atoms with E-state index in [1.807, 2.05) is 18.2 Å². The highest BCUT2D eigenvalue weighted by Crippen LogP contribution is 2.18. The zero-order valence-electron chi connectivity index (χ0n) is 11.9. The molecule has 0 spiro atoms. The molecule has 2 rings (SSSR count). The van der Waals surface area contributed by atoms with Crippen LogP contribution in [0.2, 0.25) is 0 Å². The summed E-state index contributed by atoms with van der Waals surface area (Å²) >= 11 is 0. The molecule has 3 unspecified atom stereocenters. The van der Waals surface area contributed by atoms with Crippen LogP contribution in [0.25, 0.3) is 0 Å². The number of nitrogens with one attached hydrogen (secondary N) is 2. The number of carbonyl (C=O) groups excluding carboxylic acids is 1. The van der Waals surface area contributed by atoms with Crippen LogP contribution in [0.4, 0.5) is 0 Å². The zero-order valence-corrected chi connectivity index (χ0v) is 11.9. The number of benzene rings is 1. The first-order valence-electron chi connectivity index (χ1n) is 7.23. The maximum atomic E-state index is 12.1. The minimum Gasteiger partial charge on any atom is -0.353 e. The molecule has 1 saturated heterocycles. The molecule has 2 N–H and O–H groups in total. The van der Waals surface area contributed by atoms with Crippen LogP contribution in [0.3, 0.4) is 0 Å². The molecule has 0 bridgehead atoms. The molecule has 19 heavy (non-hydrogen) atoms. The van der Waals surface area contributed by atoms with Gasteiger partial charge in [0.15, 0.2) is 0 Å². The quantitative estimate of drug-likeness (QED) is 0.873. The summed E-state index contributed by atoms with van der Waals surface area (Å²) in [6, 6.07) is 11.1. The number of carbonyl (C=O) groups is 1. The first-order chi connectivity index (χ1) is 9.15. The van der Waals surface area contributed by atoms with Crippen molar-refractivity contribution in [3.63, 3.8) is 0 Å². The van der Waals surface area contributed by atoms with E-state index in [2.05, 4.69) is 36.6 Å². The fraction of sp³-hybridized carbons (Fsp3) is 0.562. The van der Waals surface area contributed by atoms with Crippen molar-refractivity contribution in [2.45, 2.75) is 51.1 Å². The van der Waals surface area contributed by atoms with E-state index < -0.39 is 0 Å². The van der Waals surface area contributed by atoms with E-state index in [1.165, 1.54) is 5.56 Å². The molecule has 0 aromatic heterocycles. The van der Waals surface area contributed by atoms with Gasteiger partial charge in [-0.25, -0.2) is 0 Å². The summed E-state index contributed by atoms with van der Waals surface area (Å²) < 4.78 is 0. The average molecular weight is 260 g/mol. The third-order valence-corrected chi connectivity index (χ3v) is 3.85. The molecule has 0 saturated carbocycles. The highest BCUT2D eigenvalue weighted by molar-refractivity contribution is 5.77. The molecule has 104 valence electrons. The van der Waals surface area contributed by atoms with Crippen molar-refractivity contribution < 1.29 is 4.79 Å². The Balaban J connectivity index is 1.81. The summed E-state index contributed by atoms with van der Waals surface area (Å²) in [7, 11) is 0. The lowest BCUT2D eigenvalue weighted by Crippen LogP contribution is -2.46. The van der Waals surface area contributed by atoms with Crippen molar-refractivity contribution in [3.8, 4) is 0 Å². The van der Waals surface area contributed by atoms with Crippen LogP contribution in [0, 0.1) is 0 Å². The average Bonchev–Trinajstić information content (AvgIpc) is 2.39. The predicted molar refractivity (Wildman–Crippen MR) is 78.1 cm³/mol. The highest BCUT2D eigenvalue weighted by Gasteiger charge is 2.20. The monoisotopic (exact) mass is 260 g/mol. The Morgan fingerprint density at radius 1 is 1.42 bits per heavy atom. The maximum absolute atomic E-state index is 12.1. The van der Waals surface area contributed by atoms with E-state index in [0.29, 0.717) is 18.5 Å². The molecular formula is C16H24N2O. The standard InChI is InChI=1S/C16H24N2O/c1-12(14-6-4-3-5-7-14)10-16(19)18-15-8-9-17-13(2)11-15/h3-7,12-13,15,17H,8-11H2,1-2H3,(H,18,19). The second kappa shape index (κ2) is 6.71. The lowest BCUT2D eigenvalue weighted by Gasteiger charge is -2.29. The van der Waals surface area contributed by atoms with Gasteiger partial charge in [0, 0.05) is 18.5 Å². The van der Waals surface area contributed by atoms with Gasteiger partial charge in [-0.1, -0.05) is 37.3 Å². The Labute approximate surface area is 115 Å². The predicted octanol–water partition coefficient (Wildman–Crippen LogP) is 2.44. The molecule has 0 radical (unpaired) electrons. The Kier molecular flexibility index (Phi) is 4.97. The van der Waals surface area contributed by atoms with E-state index in [-0.39, 0.29) is 11.8 Å². The highest BCUT2D eigenvalue weighted by atomic mass is 16.1. The molecule has 1 aliphatic heterocycles. The zero-order chi connectivity index (χ0) is 13.7. The molecule has 1 amide bonds. The number of hydrogen-bond donors (Lipinski definition) is 2. The van der Waals surface area contributed by atoms with Crippen LogP contribution in [0.5, 0.6) is 0 Å². The third-order valence-electron chi connectivity index (χ3n) is 3.85. The van der Waals surface area contributed by atoms with Crippen molar-refractivity contribution in [1.82, 2.24) is 10.6 Å². The summed E-state index contributed by atoms with van der Waals surface area (Å²) in [6.07, 6.45) is 2.64. The van der Waals surface area contributed by atoms with E-state index in [1.54, 1.807) is 0 Å². The van der Waals surface area contributed by atoms with Crippen molar-refractivity contribution in [3.05, 3.63) is 35.9 Å². The van der Waals surface area contributed by atoms with Gasteiger partial charge in [0.25, 0.3) is 0 Å². The molecule has 3 atom stereocenters. The van der Waals surface area contributed by atoms with Gasteiger partial charge in [-0.2, -0.15) is 0 Å². The Morgan fingerprint density at radius 2 is 2.16 bits per heavy atom. The number of piperidine rings is 1. The summed E-state index contributed by atoms with van der Waals surface area (Å²) in [5.41, 5.74) is 1.23. The largest absolute Gasteiger partial charge is 0.353 e. The smallest absolute Gasteiger partial charge is 0.220 e. The lowest BCUT2D eigenvalue weighted by atomic mass is 9.96. The van der Waals surface area contributed by atoms with E-state index in [4.69, 9.17) is 0 Å². The second-order valence-electron chi connectivity index (χ2n) is 5.66. The SMILES string of the molecule is CC1CC(NC(=O)CC(C)c2ccccc2)CCN1. The van der Waals surface area contributed by atoms with Crippen molar-refractivity contribution in [1.29, 1.82) is 0 Å². The summed E-state index contributed by atoms with van der Waals surface area (Å²) in [6.45, 7) is 5.28. The fourth-order valence-electron chi connectivity index (χ4n) is 2.73. The van der Waals surface area contributed by atoms with Gasteiger partial charge in [0.1, 0.15) is 0 Å². The van der Waals surface area contributed by atoms with Gasteiger partial charge < -0.3 is 10.6 Å². The Hall–Kier alpha value is -1.35. The van der Waals surface area contributed by atoms with Crippen LogP contribution in [0.15, 0.2) is 30.3 Å². The van der Waals surface area contributed by atoms with E-state index in [0.717, 1.165) is 19.4 Å². The molecule has 1 heterocycles. The maximum Gasteiger partial charge on any atom is 0.220 e. The van der Waals surface area contributed by atoms with Gasteiger partial charge in [-0.15, -0.1) is 0 Å². The number of amides is 1. The molecular weight excluding hydrogens is 236 g/mol. The number of rotatable bonds is 4. The summed E-state index contributed by atoms with van der Waals surface area (Å²) in [5.74, 6) is 0.454. The van der Waals surface area contributed by atoms with Gasteiger partial charge in [0.05, 0.1) is 0 Å². The Morgan fingerprint density at radius 3 is 2.84 bits per heavy atom. The first kappa shape index (κ1) is 14.1. The molecule has 1 aliphatic rings. The molecule has 1 aromatic rings. The minimum atomic E-state index is 0.176. The van der Waals surface area contributed by atoms with Crippen molar-refractivity contribution >= 4 is 5.91 Å². The molecule has 0 aliphatic carbocycles. The Bertz CT molecular complexity index is 404. The van der Waals surface area contributed by atoms with Crippen LogP contribution >= 0.6 is 0 Å². The van der Waals surface area contributed by atoms with Crippen molar-refractivity contribution in [2.24, 2.45) is 0 Å². The van der Waals surface area contributed by atoms with Gasteiger partial charge in [0.2, 0.25) is 5.91 Å². The van der Waals surface area contributed by atoms with Gasteiger partial charge >= 0.3 is 0 Å². The fourth-order valence-corrected chi connectivity index (χ4v) is 2.73. The van der Waals surface area contributed by atoms with Crippen molar-refractivity contribution in [2.75, 3.05) is 6.54 Å². The molecule has 3 nitrogen and oxygen atoms in total.